The summed E-state index contributed by atoms with van der Waals surface area (Å²) in [7, 11) is 4.10. The lowest BCUT2D eigenvalue weighted by molar-refractivity contribution is -0.671. The Morgan fingerprint density at radius 3 is 2.30 bits per heavy atom. The highest BCUT2D eigenvalue weighted by atomic mass is 15.1. The Kier molecular flexibility index (Phi) is 3.42. The molecule has 0 atom stereocenters. The van der Waals surface area contributed by atoms with Gasteiger partial charge in [-0.25, -0.2) is 9.13 Å². The van der Waals surface area contributed by atoms with E-state index in [2.05, 4.69) is 82.2 Å². The highest BCUT2D eigenvalue weighted by Crippen LogP contribution is 2.11. The van der Waals surface area contributed by atoms with Crippen LogP contribution >= 0.6 is 0 Å². The van der Waals surface area contributed by atoms with Crippen molar-refractivity contribution in [1.29, 1.82) is 0 Å². The highest BCUT2D eigenvalue weighted by Gasteiger charge is 2.03. The fourth-order valence-electron chi connectivity index (χ4n) is 2.47. The number of aromatic nitrogens is 3. The van der Waals surface area contributed by atoms with Crippen LogP contribution in [0.4, 0.5) is 0 Å². The van der Waals surface area contributed by atoms with E-state index in [1.165, 1.54) is 16.7 Å². The van der Waals surface area contributed by atoms with Crippen molar-refractivity contribution in [3.8, 4) is 0 Å². The number of rotatable bonds is 4. The summed E-state index contributed by atoms with van der Waals surface area (Å²) >= 11 is 0. The molecule has 0 N–H and O–H groups in total. The number of hydrogen-bond donors (Lipinski definition) is 0. The third-order valence-corrected chi connectivity index (χ3v) is 3.51. The van der Waals surface area contributed by atoms with E-state index in [0.717, 1.165) is 13.0 Å². The first-order chi connectivity index (χ1) is 9.69. The van der Waals surface area contributed by atoms with Crippen LogP contribution in [0.15, 0.2) is 61.4 Å². The minimum absolute atomic E-state index is 0.923. The van der Waals surface area contributed by atoms with E-state index in [1.54, 1.807) is 0 Å². The summed E-state index contributed by atoms with van der Waals surface area (Å²) in [5.41, 5.74) is 4.05. The molecule has 0 aliphatic carbocycles. The van der Waals surface area contributed by atoms with Gasteiger partial charge in [-0.05, 0) is 29.2 Å². The number of nitrogens with zero attached hydrogens (tertiary/aromatic N) is 3. The van der Waals surface area contributed by atoms with Gasteiger partial charge in [0.1, 0.15) is 18.9 Å². The fraction of sp³-hybridized carbons (Fsp3) is 0.235. The monoisotopic (exact) mass is 266 g/mol. The summed E-state index contributed by atoms with van der Waals surface area (Å²) in [5, 5.41) is 0. The number of aryl methyl sites for hydroxylation is 2. The Hall–Kier alpha value is -2.29. The number of hydrogen-bond acceptors (Lipinski definition) is 0. The van der Waals surface area contributed by atoms with Crippen LogP contribution in [-0.4, -0.2) is 9.13 Å². The van der Waals surface area contributed by atoms with E-state index < -0.39 is 0 Å². The topological polar surface area (TPSA) is 13.7 Å². The van der Waals surface area contributed by atoms with Crippen LogP contribution < -0.4 is 4.57 Å². The Labute approximate surface area is 119 Å². The summed E-state index contributed by atoms with van der Waals surface area (Å²) in [5.74, 6) is 0. The molecule has 20 heavy (non-hydrogen) atoms. The molecule has 102 valence electrons. The standard InChI is InChI=1S/C17H20N3/c1-18-8-7-17(12-18)11-15-3-5-16(6-4-15)13-20-10-9-19(2)14-20/h3-10,12,14H,11,13H2,1-2H3/q+1. The minimum atomic E-state index is 0.923. The Morgan fingerprint density at radius 2 is 1.70 bits per heavy atom. The van der Waals surface area contributed by atoms with E-state index in [1.807, 2.05) is 7.05 Å². The average molecular weight is 266 g/mol. The molecular weight excluding hydrogens is 246 g/mol. The molecule has 1 aromatic carbocycles. The van der Waals surface area contributed by atoms with Gasteiger partial charge in [-0.1, -0.05) is 24.3 Å². The van der Waals surface area contributed by atoms with Gasteiger partial charge in [0, 0.05) is 19.4 Å². The molecule has 0 aliphatic rings. The van der Waals surface area contributed by atoms with Crippen molar-refractivity contribution >= 4 is 0 Å². The molecule has 0 unspecified atom stereocenters. The van der Waals surface area contributed by atoms with E-state index in [0.29, 0.717) is 0 Å². The van der Waals surface area contributed by atoms with Crippen LogP contribution in [-0.2, 0) is 27.1 Å². The quantitative estimate of drug-likeness (QED) is 0.643. The molecule has 3 heteroatoms. The van der Waals surface area contributed by atoms with E-state index in [4.69, 9.17) is 0 Å². The van der Waals surface area contributed by atoms with Gasteiger partial charge >= 0.3 is 0 Å². The Bertz CT molecular complexity index is 628. The maximum absolute atomic E-state index is 2.23. The smallest absolute Gasteiger partial charge is 0.243 e. The van der Waals surface area contributed by atoms with Crippen molar-refractivity contribution in [3.05, 3.63) is 78.1 Å². The van der Waals surface area contributed by atoms with Crippen LogP contribution in [0, 0.1) is 0 Å². The Balaban J connectivity index is 1.68. The zero-order valence-corrected chi connectivity index (χ0v) is 12.0. The fourth-order valence-corrected chi connectivity index (χ4v) is 2.47. The second-order valence-electron chi connectivity index (χ2n) is 5.43. The lowest BCUT2D eigenvalue weighted by Crippen LogP contribution is -2.23. The van der Waals surface area contributed by atoms with Gasteiger partial charge in [-0.3, -0.25) is 0 Å². The molecule has 0 saturated heterocycles. The van der Waals surface area contributed by atoms with Crippen LogP contribution in [0.5, 0.6) is 0 Å². The summed E-state index contributed by atoms with van der Waals surface area (Å²) in [6, 6.07) is 11.1. The summed E-state index contributed by atoms with van der Waals surface area (Å²) < 4.78 is 6.34. The van der Waals surface area contributed by atoms with Gasteiger partial charge in [0.05, 0.1) is 7.05 Å². The Morgan fingerprint density at radius 1 is 0.950 bits per heavy atom. The molecule has 3 aromatic rings. The summed E-state index contributed by atoms with van der Waals surface area (Å²) in [6.07, 6.45) is 11.5. The zero-order valence-electron chi connectivity index (χ0n) is 12.0. The lowest BCUT2D eigenvalue weighted by Gasteiger charge is -2.02. The molecule has 0 radical (unpaired) electrons. The maximum Gasteiger partial charge on any atom is 0.243 e. The number of imidazole rings is 1. The van der Waals surface area contributed by atoms with Crippen molar-refractivity contribution in [2.24, 2.45) is 14.1 Å². The minimum Gasteiger partial charge on any atom is -0.357 e. The van der Waals surface area contributed by atoms with Crippen molar-refractivity contribution in [1.82, 2.24) is 9.13 Å². The molecule has 2 aromatic heterocycles. The van der Waals surface area contributed by atoms with Crippen LogP contribution in [0.1, 0.15) is 16.7 Å². The molecule has 0 amide bonds. The zero-order chi connectivity index (χ0) is 13.9. The first kappa shape index (κ1) is 12.7. The molecule has 3 rings (SSSR count). The molecule has 0 bridgehead atoms. The predicted molar refractivity (Wildman–Crippen MR) is 79.4 cm³/mol. The summed E-state index contributed by atoms with van der Waals surface area (Å²) in [6.45, 7) is 0.923. The van der Waals surface area contributed by atoms with Gasteiger partial charge in [0.2, 0.25) is 6.33 Å². The van der Waals surface area contributed by atoms with E-state index in [-0.39, 0.29) is 0 Å². The molecule has 0 saturated carbocycles. The van der Waals surface area contributed by atoms with E-state index in [9.17, 15) is 0 Å². The molecule has 0 spiro atoms. The van der Waals surface area contributed by atoms with Crippen molar-refractivity contribution in [2.75, 3.05) is 0 Å². The van der Waals surface area contributed by atoms with Gasteiger partial charge in [0.15, 0.2) is 0 Å². The first-order valence-corrected chi connectivity index (χ1v) is 6.89. The van der Waals surface area contributed by atoms with Gasteiger partial charge < -0.3 is 4.57 Å². The first-order valence-electron chi connectivity index (χ1n) is 6.89. The average Bonchev–Trinajstić information content (AvgIpc) is 3.01. The maximum atomic E-state index is 2.23. The highest BCUT2D eigenvalue weighted by molar-refractivity contribution is 5.28. The summed E-state index contributed by atoms with van der Waals surface area (Å²) in [4.78, 5) is 0. The third-order valence-electron chi connectivity index (χ3n) is 3.51. The molecular formula is C17H20N3+. The predicted octanol–water partition coefficient (Wildman–Crippen LogP) is 2.29. The van der Waals surface area contributed by atoms with Gasteiger partial charge in [-0.2, -0.15) is 0 Å². The molecule has 0 aliphatic heterocycles. The van der Waals surface area contributed by atoms with Crippen molar-refractivity contribution < 1.29 is 4.57 Å². The normalized spacial score (nSPS) is 10.9. The number of benzene rings is 1. The molecule has 2 heterocycles. The van der Waals surface area contributed by atoms with Crippen molar-refractivity contribution in [2.45, 2.75) is 13.0 Å². The SMILES string of the molecule is Cn1ccc(Cc2ccc(Cn3cc[n+](C)c3)cc2)c1. The van der Waals surface area contributed by atoms with Gasteiger partial charge in [-0.15, -0.1) is 0 Å². The second kappa shape index (κ2) is 5.37. The lowest BCUT2D eigenvalue weighted by atomic mass is 10.1. The van der Waals surface area contributed by atoms with Crippen molar-refractivity contribution in [3.63, 3.8) is 0 Å². The van der Waals surface area contributed by atoms with Gasteiger partial charge in [0.25, 0.3) is 0 Å². The van der Waals surface area contributed by atoms with E-state index >= 15 is 0 Å². The molecule has 0 fully saturated rings. The second-order valence-corrected chi connectivity index (χ2v) is 5.43. The van der Waals surface area contributed by atoms with Crippen LogP contribution in [0.3, 0.4) is 0 Å². The largest absolute Gasteiger partial charge is 0.357 e. The third kappa shape index (κ3) is 2.99. The van der Waals surface area contributed by atoms with Crippen LogP contribution in [0.2, 0.25) is 0 Å². The molecule has 3 nitrogen and oxygen atoms in total. The van der Waals surface area contributed by atoms with Crippen LogP contribution in [0.25, 0.3) is 0 Å².